The third-order valence-electron chi connectivity index (χ3n) is 4.43. The van der Waals surface area contributed by atoms with Gasteiger partial charge in [0, 0.05) is 17.5 Å². The fraction of sp³-hybridized carbons (Fsp3) is 0.474. The van der Waals surface area contributed by atoms with Gasteiger partial charge in [0.25, 0.3) is 0 Å². The summed E-state index contributed by atoms with van der Waals surface area (Å²) in [7, 11) is 0. The van der Waals surface area contributed by atoms with Gasteiger partial charge < -0.3 is 10.6 Å². The molecule has 0 bridgehead atoms. The number of aromatic nitrogens is 1. The second kappa shape index (κ2) is 7.90. The number of amides is 1. The molecule has 2 heterocycles. The predicted octanol–water partition coefficient (Wildman–Crippen LogP) is 3.80. The van der Waals surface area contributed by atoms with E-state index in [1.807, 2.05) is 6.20 Å². The third kappa shape index (κ3) is 4.65. The molecule has 128 valence electrons. The highest BCUT2D eigenvalue weighted by Gasteiger charge is 2.18. The first kappa shape index (κ1) is 17.1. The fourth-order valence-corrected chi connectivity index (χ4v) is 4.29. The Morgan fingerprint density at radius 3 is 2.67 bits per heavy atom. The van der Waals surface area contributed by atoms with E-state index in [1.165, 1.54) is 21.6 Å². The van der Waals surface area contributed by atoms with E-state index in [0.29, 0.717) is 12.3 Å². The summed E-state index contributed by atoms with van der Waals surface area (Å²) in [6.45, 7) is 6.32. The van der Waals surface area contributed by atoms with Gasteiger partial charge in [-0.3, -0.25) is 4.79 Å². The summed E-state index contributed by atoms with van der Waals surface area (Å²) in [5, 5.41) is 7.06. The molecule has 0 aliphatic carbocycles. The van der Waals surface area contributed by atoms with Crippen molar-refractivity contribution in [3.63, 3.8) is 0 Å². The van der Waals surface area contributed by atoms with Crippen LogP contribution in [0.4, 0.5) is 5.13 Å². The van der Waals surface area contributed by atoms with Crippen LogP contribution in [0.25, 0.3) is 0 Å². The summed E-state index contributed by atoms with van der Waals surface area (Å²) >= 11 is 1.62. The summed E-state index contributed by atoms with van der Waals surface area (Å²) in [4.78, 5) is 17.9. The Bertz CT molecular complexity index is 684. The van der Waals surface area contributed by atoms with Gasteiger partial charge in [0.05, 0.1) is 0 Å². The van der Waals surface area contributed by atoms with Gasteiger partial charge in [-0.1, -0.05) is 29.3 Å². The van der Waals surface area contributed by atoms with Gasteiger partial charge in [-0.25, -0.2) is 4.98 Å². The quantitative estimate of drug-likeness (QED) is 0.868. The molecule has 24 heavy (non-hydrogen) atoms. The second-order valence-corrected chi connectivity index (χ2v) is 7.70. The van der Waals surface area contributed by atoms with Crippen LogP contribution in [0.1, 0.15) is 46.7 Å². The number of benzene rings is 1. The molecule has 1 aliphatic heterocycles. The highest BCUT2D eigenvalue weighted by molar-refractivity contribution is 7.15. The largest absolute Gasteiger partial charge is 0.317 e. The van der Waals surface area contributed by atoms with E-state index in [1.54, 1.807) is 11.3 Å². The topological polar surface area (TPSA) is 54.0 Å². The molecular formula is C19H25N3OS. The lowest BCUT2D eigenvalue weighted by Gasteiger charge is -2.20. The Balaban J connectivity index is 1.52. The third-order valence-corrected chi connectivity index (χ3v) is 5.51. The fourth-order valence-electron chi connectivity index (χ4n) is 3.29. The lowest BCUT2D eigenvalue weighted by Crippen LogP contribution is -2.26. The molecular weight excluding hydrogens is 318 g/mol. The number of nitrogens with zero attached hydrogens (tertiary/aromatic N) is 1. The van der Waals surface area contributed by atoms with Gasteiger partial charge in [-0.05, 0) is 57.7 Å². The maximum Gasteiger partial charge on any atom is 0.226 e. The summed E-state index contributed by atoms with van der Waals surface area (Å²) < 4.78 is 0. The number of anilines is 1. The molecule has 2 N–H and O–H groups in total. The minimum Gasteiger partial charge on any atom is -0.317 e. The number of nitrogens with one attached hydrogen (secondary N) is 2. The van der Waals surface area contributed by atoms with E-state index < -0.39 is 0 Å². The maximum atomic E-state index is 12.2. The van der Waals surface area contributed by atoms with Gasteiger partial charge in [0.1, 0.15) is 0 Å². The van der Waals surface area contributed by atoms with Gasteiger partial charge >= 0.3 is 0 Å². The molecule has 5 heteroatoms. The SMILES string of the molecule is Cc1cc(C)cc(CCC(=O)Nc2ncc(C3CCNCC3)s2)c1. The van der Waals surface area contributed by atoms with Crippen LogP contribution in [0, 0.1) is 13.8 Å². The number of carbonyl (C=O) groups is 1. The van der Waals surface area contributed by atoms with Crippen LogP contribution >= 0.6 is 11.3 Å². The number of hydrogen-bond acceptors (Lipinski definition) is 4. The van der Waals surface area contributed by atoms with E-state index >= 15 is 0 Å². The van der Waals surface area contributed by atoms with E-state index in [9.17, 15) is 4.79 Å². The van der Waals surface area contributed by atoms with Crippen LogP contribution in [0.15, 0.2) is 24.4 Å². The second-order valence-electron chi connectivity index (χ2n) is 6.64. The lowest BCUT2D eigenvalue weighted by molar-refractivity contribution is -0.116. The molecule has 0 spiro atoms. The molecule has 1 aromatic heterocycles. The summed E-state index contributed by atoms with van der Waals surface area (Å²) in [6.07, 6.45) is 5.50. The number of piperidine rings is 1. The summed E-state index contributed by atoms with van der Waals surface area (Å²) in [5.74, 6) is 0.630. The molecule has 1 fully saturated rings. The zero-order valence-electron chi connectivity index (χ0n) is 14.4. The van der Waals surface area contributed by atoms with Crippen molar-refractivity contribution in [3.8, 4) is 0 Å². The first-order valence-electron chi connectivity index (χ1n) is 8.63. The monoisotopic (exact) mass is 343 g/mol. The minimum absolute atomic E-state index is 0.0420. The molecule has 1 aromatic carbocycles. The molecule has 1 amide bonds. The molecule has 0 atom stereocenters. The van der Waals surface area contributed by atoms with Crippen LogP contribution in [-0.4, -0.2) is 24.0 Å². The molecule has 3 rings (SSSR count). The predicted molar refractivity (Wildman–Crippen MR) is 99.8 cm³/mol. The van der Waals surface area contributed by atoms with Crippen LogP contribution in [0.2, 0.25) is 0 Å². The average molecular weight is 343 g/mol. The lowest BCUT2D eigenvalue weighted by atomic mass is 9.97. The van der Waals surface area contributed by atoms with Gasteiger partial charge in [-0.2, -0.15) is 0 Å². The van der Waals surface area contributed by atoms with Crippen LogP contribution in [0.3, 0.4) is 0 Å². The van der Waals surface area contributed by atoms with Crippen molar-refractivity contribution in [2.24, 2.45) is 0 Å². The summed E-state index contributed by atoms with van der Waals surface area (Å²) in [6, 6.07) is 6.46. The van der Waals surface area contributed by atoms with Crippen molar-refractivity contribution >= 4 is 22.4 Å². The Kier molecular flexibility index (Phi) is 5.63. The molecule has 1 saturated heterocycles. The van der Waals surface area contributed by atoms with Gasteiger partial charge in [0.2, 0.25) is 5.91 Å². The zero-order valence-corrected chi connectivity index (χ0v) is 15.2. The standard InChI is InChI=1S/C19H25N3OS/c1-13-9-14(2)11-15(10-13)3-4-18(23)22-19-21-12-17(24-19)16-5-7-20-8-6-16/h9-12,16,20H,3-8H2,1-2H3,(H,21,22,23). The highest BCUT2D eigenvalue weighted by atomic mass is 32.1. The number of aryl methyl sites for hydroxylation is 3. The van der Waals surface area contributed by atoms with Crippen LogP contribution < -0.4 is 10.6 Å². The Morgan fingerprint density at radius 2 is 1.96 bits per heavy atom. The first-order valence-corrected chi connectivity index (χ1v) is 9.45. The molecule has 2 aromatic rings. The van der Waals surface area contributed by atoms with Crippen molar-refractivity contribution in [1.29, 1.82) is 0 Å². The van der Waals surface area contributed by atoms with Crippen molar-refractivity contribution in [1.82, 2.24) is 10.3 Å². The molecule has 1 aliphatic rings. The smallest absolute Gasteiger partial charge is 0.226 e. The van der Waals surface area contributed by atoms with Crippen molar-refractivity contribution < 1.29 is 4.79 Å². The van der Waals surface area contributed by atoms with Crippen molar-refractivity contribution in [2.45, 2.75) is 45.4 Å². The number of rotatable bonds is 5. The Labute approximate surface area is 147 Å². The van der Waals surface area contributed by atoms with E-state index in [-0.39, 0.29) is 5.91 Å². The van der Waals surface area contributed by atoms with Gasteiger partial charge in [-0.15, -0.1) is 11.3 Å². The van der Waals surface area contributed by atoms with Crippen molar-refractivity contribution in [3.05, 3.63) is 46.0 Å². The number of hydrogen-bond donors (Lipinski definition) is 2. The number of thiazole rings is 1. The van der Waals surface area contributed by atoms with Crippen LogP contribution in [0.5, 0.6) is 0 Å². The maximum absolute atomic E-state index is 12.2. The summed E-state index contributed by atoms with van der Waals surface area (Å²) in [5.41, 5.74) is 3.71. The molecule has 0 unspecified atom stereocenters. The Hall–Kier alpha value is -1.72. The molecule has 0 radical (unpaired) electrons. The first-order chi connectivity index (χ1) is 11.6. The van der Waals surface area contributed by atoms with E-state index in [4.69, 9.17) is 0 Å². The van der Waals surface area contributed by atoms with Crippen molar-refractivity contribution in [2.75, 3.05) is 18.4 Å². The Morgan fingerprint density at radius 1 is 1.25 bits per heavy atom. The van der Waals surface area contributed by atoms with E-state index in [0.717, 1.165) is 37.5 Å². The van der Waals surface area contributed by atoms with E-state index in [2.05, 4.69) is 47.7 Å². The zero-order chi connectivity index (χ0) is 16.9. The molecule has 4 nitrogen and oxygen atoms in total. The van der Waals surface area contributed by atoms with Gasteiger partial charge in [0.15, 0.2) is 5.13 Å². The van der Waals surface area contributed by atoms with Crippen LogP contribution in [-0.2, 0) is 11.2 Å². The normalized spacial score (nSPS) is 15.4. The molecule has 0 saturated carbocycles. The minimum atomic E-state index is 0.0420. The highest BCUT2D eigenvalue weighted by Crippen LogP contribution is 2.31. The average Bonchev–Trinajstić information content (AvgIpc) is 3.01. The number of carbonyl (C=O) groups excluding carboxylic acids is 1.